The van der Waals surface area contributed by atoms with E-state index in [1.54, 1.807) is 31.3 Å². The molecule has 5 nitrogen and oxygen atoms in total. The summed E-state index contributed by atoms with van der Waals surface area (Å²) in [5, 5.41) is 12.1. The van der Waals surface area contributed by atoms with Crippen LogP contribution in [0.5, 0.6) is 0 Å². The predicted molar refractivity (Wildman–Crippen MR) is 97.3 cm³/mol. The van der Waals surface area contributed by atoms with Crippen LogP contribution in [0.2, 0.25) is 0 Å². The first kappa shape index (κ1) is 17.0. The summed E-state index contributed by atoms with van der Waals surface area (Å²) in [5.74, 6) is 0.545. The molecular weight excluding hydrogens is 322 g/mol. The van der Waals surface area contributed by atoms with Crippen molar-refractivity contribution in [2.75, 3.05) is 26.0 Å². The molecule has 2 heterocycles. The molecule has 1 aromatic carbocycles. The number of rotatable bonds is 6. The number of aliphatic hydroxyl groups is 1. The first-order valence-corrected chi connectivity index (χ1v) is 8.88. The minimum atomic E-state index is -1.05. The van der Waals surface area contributed by atoms with E-state index in [4.69, 9.17) is 4.74 Å². The van der Waals surface area contributed by atoms with Gasteiger partial charge in [0, 0.05) is 32.0 Å². The van der Waals surface area contributed by atoms with Crippen LogP contribution < -0.4 is 0 Å². The topological polar surface area (TPSA) is 58.0 Å². The monoisotopic (exact) mass is 343 g/mol. The molecule has 0 radical (unpaired) electrons. The maximum atomic E-state index is 11.3. The summed E-state index contributed by atoms with van der Waals surface area (Å²) in [7, 11) is 1.69. The molecule has 1 saturated heterocycles. The lowest BCUT2D eigenvalue weighted by Crippen LogP contribution is -2.45. The summed E-state index contributed by atoms with van der Waals surface area (Å²) < 4.78 is 5.16. The number of benzene rings is 1. The van der Waals surface area contributed by atoms with Crippen molar-refractivity contribution in [1.82, 2.24) is 9.88 Å². The van der Waals surface area contributed by atoms with Crippen molar-refractivity contribution >= 4 is 22.6 Å². The van der Waals surface area contributed by atoms with Crippen LogP contribution in [-0.4, -0.2) is 46.2 Å². The molecule has 3 rings (SSSR count). The smallest absolute Gasteiger partial charge is 0.175 e. The Balaban J connectivity index is 1.91. The normalized spacial score (nSPS) is 22.2. The van der Waals surface area contributed by atoms with Crippen LogP contribution in [0, 0.1) is 0 Å². The molecule has 1 aliphatic heterocycles. The van der Waals surface area contributed by atoms with Gasteiger partial charge in [0.15, 0.2) is 10.9 Å². The molecule has 6 heteroatoms. The number of pyridine rings is 1. The SMILES string of the molecule is COCCCN1C(=Nc2cccnc2)SCC1(O)c1ccccc1. The second-order valence-electron chi connectivity index (χ2n) is 5.57. The van der Waals surface area contributed by atoms with Gasteiger partial charge in [0.25, 0.3) is 0 Å². The summed E-state index contributed by atoms with van der Waals surface area (Å²) in [4.78, 5) is 10.8. The molecule has 0 bridgehead atoms. The second kappa shape index (κ2) is 7.79. The van der Waals surface area contributed by atoms with Crippen molar-refractivity contribution in [3.05, 3.63) is 60.4 Å². The molecule has 1 aromatic heterocycles. The van der Waals surface area contributed by atoms with Gasteiger partial charge >= 0.3 is 0 Å². The predicted octanol–water partition coefficient (Wildman–Crippen LogP) is 3.00. The molecule has 1 atom stereocenters. The highest BCUT2D eigenvalue weighted by Gasteiger charge is 2.44. The summed E-state index contributed by atoms with van der Waals surface area (Å²) >= 11 is 1.56. The molecule has 1 fully saturated rings. The maximum absolute atomic E-state index is 11.3. The van der Waals surface area contributed by atoms with Gasteiger partial charge in [-0.15, -0.1) is 0 Å². The molecule has 2 aromatic rings. The van der Waals surface area contributed by atoms with E-state index >= 15 is 0 Å². The van der Waals surface area contributed by atoms with E-state index in [1.165, 1.54) is 0 Å². The molecule has 1 N–H and O–H groups in total. The van der Waals surface area contributed by atoms with E-state index < -0.39 is 5.72 Å². The average molecular weight is 343 g/mol. The molecule has 0 aliphatic carbocycles. The molecule has 126 valence electrons. The minimum Gasteiger partial charge on any atom is -0.385 e. The zero-order valence-corrected chi connectivity index (χ0v) is 14.4. The fourth-order valence-corrected chi connectivity index (χ4v) is 3.92. The summed E-state index contributed by atoms with van der Waals surface area (Å²) in [6.45, 7) is 1.32. The van der Waals surface area contributed by atoms with Crippen molar-refractivity contribution in [3.8, 4) is 0 Å². The number of hydrogen-bond donors (Lipinski definition) is 1. The van der Waals surface area contributed by atoms with Crippen molar-refractivity contribution in [2.45, 2.75) is 12.1 Å². The lowest BCUT2D eigenvalue weighted by molar-refractivity contribution is -0.0498. The van der Waals surface area contributed by atoms with E-state index in [-0.39, 0.29) is 0 Å². The molecular formula is C18H21N3O2S. The van der Waals surface area contributed by atoms with Gasteiger partial charge < -0.3 is 14.7 Å². The summed E-state index contributed by atoms with van der Waals surface area (Å²) in [6, 6.07) is 13.5. The Morgan fingerprint density at radius 1 is 1.29 bits per heavy atom. The summed E-state index contributed by atoms with van der Waals surface area (Å²) in [5.41, 5.74) is 0.612. The lowest BCUT2D eigenvalue weighted by atomic mass is 10.0. The molecule has 1 unspecified atom stereocenters. The van der Waals surface area contributed by atoms with Gasteiger partial charge in [-0.1, -0.05) is 42.1 Å². The van der Waals surface area contributed by atoms with Crippen molar-refractivity contribution in [3.63, 3.8) is 0 Å². The Bertz CT molecular complexity index is 681. The van der Waals surface area contributed by atoms with E-state index in [2.05, 4.69) is 9.98 Å². The van der Waals surface area contributed by atoms with Crippen LogP contribution in [0.3, 0.4) is 0 Å². The van der Waals surface area contributed by atoms with Gasteiger partial charge in [-0.3, -0.25) is 4.98 Å². The fourth-order valence-electron chi connectivity index (χ4n) is 2.69. The molecule has 24 heavy (non-hydrogen) atoms. The number of hydrogen-bond acceptors (Lipinski definition) is 5. The van der Waals surface area contributed by atoms with Gasteiger partial charge in [-0.2, -0.15) is 0 Å². The van der Waals surface area contributed by atoms with Crippen LogP contribution in [0.15, 0.2) is 59.9 Å². The largest absolute Gasteiger partial charge is 0.385 e. The van der Waals surface area contributed by atoms with Crippen molar-refractivity contribution in [2.24, 2.45) is 4.99 Å². The average Bonchev–Trinajstić information content (AvgIpc) is 2.94. The standard InChI is InChI=1S/C18H21N3O2S/c1-23-12-6-11-21-17(20-16-9-5-10-19-13-16)24-14-18(21,22)15-7-3-2-4-8-15/h2-5,7-10,13,22H,6,11-12,14H2,1H3. The van der Waals surface area contributed by atoms with Crippen LogP contribution in [0.25, 0.3) is 0 Å². The number of ether oxygens (including phenoxy) is 1. The number of aliphatic imine (C=N–C) groups is 1. The maximum Gasteiger partial charge on any atom is 0.175 e. The second-order valence-corrected chi connectivity index (χ2v) is 6.52. The number of nitrogens with zero attached hydrogens (tertiary/aromatic N) is 3. The van der Waals surface area contributed by atoms with Crippen molar-refractivity contribution < 1.29 is 9.84 Å². The van der Waals surface area contributed by atoms with E-state index in [0.29, 0.717) is 18.9 Å². The van der Waals surface area contributed by atoms with Crippen LogP contribution in [0.1, 0.15) is 12.0 Å². The number of amidine groups is 1. The van der Waals surface area contributed by atoms with Crippen LogP contribution in [-0.2, 0) is 10.5 Å². The zero-order valence-electron chi connectivity index (χ0n) is 13.6. The Morgan fingerprint density at radius 2 is 2.12 bits per heavy atom. The first-order valence-electron chi connectivity index (χ1n) is 7.90. The molecule has 0 amide bonds. The number of methoxy groups -OCH3 is 1. The van der Waals surface area contributed by atoms with Crippen LogP contribution in [0.4, 0.5) is 5.69 Å². The highest BCUT2D eigenvalue weighted by atomic mass is 32.2. The molecule has 0 spiro atoms. The number of aromatic nitrogens is 1. The minimum absolute atomic E-state index is 0.545. The van der Waals surface area contributed by atoms with Gasteiger partial charge in [0.1, 0.15) is 0 Å². The highest BCUT2D eigenvalue weighted by molar-refractivity contribution is 8.14. The quantitative estimate of drug-likeness (QED) is 0.817. The van der Waals surface area contributed by atoms with Gasteiger partial charge in [0.05, 0.1) is 17.6 Å². The molecule has 1 aliphatic rings. The van der Waals surface area contributed by atoms with Crippen molar-refractivity contribution in [1.29, 1.82) is 0 Å². The molecule has 0 saturated carbocycles. The van der Waals surface area contributed by atoms with Gasteiger partial charge in [0.2, 0.25) is 0 Å². The Hall–Kier alpha value is -1.89. The summed E-state index contributed by atoms with van der Waals surface area (Å²) in [6.07, 6.45) is 4.27. The third-order valence-electron chi connectivity index (χ3n) is 3.92. The van der Waals surface area contributed by atoms with Crippen LogP contribution >= 0.6 is 11.8 Å². The fraction of sp³-hybridized carbons (Fsp3) is 0.333. The van der Waals surface area contributed by atoms with Gasteiger partial charge in [-0.25, -0.2) is 4.99 Å². The lowest BCUT2D eigenvalue weighted by Gasteiger charge is -2.34. The third-order valence-corrected chi connectivity index (χ3v) is 5.03. The van der Waals surface area contributed by atoms with Gasteiger partial charge in [-0.05, 0) is 18.6 Å². The van der Waals surface area contributed by atoms with E-state index in [1.807, 2.05) is 47.4 Å². The highest BCUT2D eigenvalue weighted by Crippen LogP contribution is 2.39. The zero-order chi connectivity index (χ0) is 16.8. The van der Waals surface area contributed by atoms with E-state index in [9.17, 15) is 5.11 Å². The first-order chi connectivity index (χ1) is 11.7. The Labute approximate surface area is 146 Å². The Morgan fingerprint density at radius 3 is 2.83 bits per heavy atom. The van der Waals surface area contributed by atoms with E-state index in [0.717, 1.165) is 22.8 Å². The Kier molecular flexibility index (Phi) is 5.50. The number of thioether (sulfide) groups is 1. The third kappa shape index (κ3) is 3.61.